The van der Waals surface area contributed by atoms with E-state index in [2.05, 4.69) is 20.2 Å². The molecule has 0 aliphatic heterocycles. The maximum absolute atomic E-state index is 11.5. The summed E-state index contributed by atoms with van der Waals surface area (Å²) in [6, 6.07) is 0. The molecule has 0 fully saturated rings. The fourth-order valence-electron chi connectivity index (χ4n) is 1.07. The molecule has 0 atom stereocenters. The SMILES string of the molecule is CN(C)c1nnc(-c2c[nH]c(=O)[nH]c2=O)s1. The fourth-order valence-corrected chi connectivity index (χ4v) is 1.85. The predicted octanol–water partition coefficient (Wildman–Crippen LogP) is -0.352. The molecule has 0 bridgehead atoms. The van der Waals surface area contributed by atoms with E-state index in [0.717, 1.165) is 0 Å². The molecule has 0 aromatic carbocycles. The first-order chi connectivity index (χ1) is 7.58. The van der Waals surface area contributed by atoms with Gasteiger partial charge in [-0.25, -0.2) is 4.79 Å². The third-order valence-electron chi connectivity index (χ3n) is 1.85. The number of rotatable bonds is 2. The summed E-state index contributed by atoms with van der Waals surface area (Å²) in [7, 11) is 3.67. The number of anilines is 1. The van der Waals surface area contributed by atoms with Crippen molar-refractivity contribution < 1.29 is 0 Å². The lowest BCUT2D eigenvalue weighted by atomic mass is 10.4. The first kappa shape index (κ1) is 10.6. The molecule has 0 amide bonds. The molecule has 16 heavy (non-hydrogen) atoms. The van der Waals surface area contributed by atoms with Crippen LogP contribution < -0.4 is 16.1 Å². The van der Waals surface area contributed by atoms with Gasteiger partial charge >= 0.3 is 5.69 Å². The van der Waals surface area contributed by atoms with E-state index >= 15 is 0 Å². The second kappa shape index (κ2) is 3.89. The monoisotopic (exact) mass is 239 g/mol. The number of nitrogens with zero attached hydrogens (tertiary/aromatic N) is 3. The molecule has 0 spiro atoms. The van der Waals surface area contributed by atoms with Crippen molar-refractivity contribution in [1.29, 1.82) is 0 Å². The van der Waals surface area contributed by atoms with Gasteiger partial charge in [0.25, 0.3) is 5.56 Å². The number of aromatic amines is 2. The third-order valence-corrected chi connectivity index (χ3v) is 2.97. The van der Waals surface area contributed by atoms with Crippen LogP contribution >= 0.6 is 11.3 Å². The Morgan fingerprint density at radius 2 is 2.06 bits per heavy atom. The first-order valence-electron chi connectivity index (χ1n) is 4.41. The van der Waals surface area contributed by atoms with Crippen molar-refractivity contribution in [3.63, 3.8) is 0 Å². The van der Waals surface area contributed by atoms with Gasteiger partial charge in [-0.15, -0.1) is 10.2 Å². The zero-order valence-electron chi connectivity index (χ0n) is 8.64. The van der Waals surface area contributed by atoms with Crippen LogP contribution in [-0.2, 0) is 0 Å². The lowest BCUT2D eigenvalue weighted by molar-refractivity contribution is 1.01. The molecule has 0 aliphatic rings. The minimum Gasteiger partial charge on any atom is -0.353 e. The van der Waals surface area contributed by atoms with Gasteiger partial charge in [0.1, 0.15) is 0 Å². The summed E-state index contributed by atoms with van der Waals surface area (Å²) >= 11 is 1.28. The van der Waals surface area contributed by atoms with Crippen LogP contribution in [0, 0.1) is 0 Å². The molecule has 2 rings (SSSR count). The minimum absolute atomic E-state index is 0.310. The summed E-state index contributed by atoms with van der Waals surface area (Å²) in [4.78, 5) is 28.6. The largest absolute Gasteiger partial charge is 0.353 e. The standard InChI is InChI=1S/C8H9N5O2S/c1-13(2)8-12-11-6(16-8)4-3-9-7(15)10-5(4)14/h3H,1-2H3,(H2,9,10,14,15). The molecular weight excluding hydrogens is 230 g/mol. The first-order valence-corrected chi connectivity index (χ1v) is 5.23. The van der Waals surface area contributed by atoms with Crippen LogP contribution in [0.5, 0.6) is 0 Å². The maximum Gasteiger partial charge on any atom is 0.325 e. The molecule has 2 aromatic rings. The molecule has 0 radical (unpaired) electrons. The highest BCUT2D eigenvalue weighted by Crippen LogP contribution is 2.24. The molecule has 7 nitrogen and oxygen atoms in total. The Morgan fingerprint density at radius 1 is 1.31 bits per heavy atom. The molecule has 2 aromatic heterocycles. The highest BCUT2D eigenvalue weighted by Gasteiger charge is 2.11. The maximum atomic E-state index is 11.5. The van der Waals surface area contributed by atoms with E-state index in [9.17, 15) is 9.59 Å². The number of hydrogen-bond acceptors (Lipinski definition) is 6. The summed E-state index contributed by atoms with van der Waals surface area (Å²) in [5.74, 6) is 0. The highest BCUT2D eigenvalue weighted by atomic mass is 32.1. The summed E-state index contributed by atoms with van der Waals surface area (Å²) in [6.07, 6.45) is 1.33. The molecule has 84 valence electrons. The lowest BCUT2D eigenvalue weighted by Gasteiger charge is -2.03. The van der Waals surface area contributed by atoms with Crippen molar-refractivity contribution in [3.8, 4) is 10.6 Å². The number of aromatic nitrogens is 4. The summed E-state index contributed by atoms with van der Waals surface area (Å²) in [5.41, 5.74) is -0.693. The van der Waals surface area contributed by atoms with E-state index in [4.69, 9.17) is 0 Å². The van der Waals surface area contributed by atoms with E-state index in [1.807, 2.05) is 14.1 Å². The second-order valence-electron chi connectivity index (χ2n) is 3.27. The number of hydrogen-bond donors (Lipinski definition) is 2. The smallest absolute Gasteiger partial charge is 0.325 e. The Kier molecular flexibility index (Phi) is 2.57. The van der Waals surface area contributed by atoms with E-state index in [1.54, 1.807) is 4.90 Å². The molecular formula is C8H9N5O2S. The average molecular weight is 239 g/mol. The Morgan fingerprint density at radius 3 is 2.62 bits per heavy atom. The van der Waals surface area contributed by atoms with Gasteiger partial charge in [0.2, 0.25) is 5.13 Å². The summed E-state index contributed by atoms with van der Waals surface area (Å²) < 4.78 is 0. The van der Waals surface area contributed by atoms with Crippen molar-refractivity contribution in [2.24, 2.45) is 0 Å². The van der Waals surface area contributed by atoms with Crippen molar-refractivity contribution in [3.05, 3.63) is 27.0 Å². The molecule has 0 saturated heterocycles. The number of nitrogens with one attached hydrogen (secondary N) is 2. The molecule has 2 heterocycles. The van der Waals surface area contributed by atoms with Crippen LogP contribution in [-0.4, -0.2) is 34.3 Å². The van der Waals surface area contributed by atoms with Gasteiger partial charge in [-0.2, -0.15) is 0 Å². The summed E-state index contributed by atoms with van der Waals surface area (Å²) in [6.45, 7) is 0. The Hall–Kier alpha value is -1.96. The average Bonchev–Trinajstić information content (AvgIpc) is 2.66. The topological polar surface area (TPSA) is 94.7 Å². The van der Waals surface area contributed by atoms with Gasteiger partial charge in [0.05, 0.1) is 5.56 Å². The fraction of sp³-hybridized carbons (Fsp3) is 0.250. The second-order valence-corrected chi connectivity index (χ2v) is 4.23. The Balaban J connectivity index is 2.51. The molecule has 0 saturated carbocycles. The Bertz CT molecular complexity index is 611. The Labute approximate surface area is 93.8 Å². The number of H-pyrrole nitrogens is 2. The lowest BCUT2D eigenvalue weighted by Crippen LogP contribution is -2.22. The van der Waals surface area contributed by atoms with Crippen LogP contribution in [0.3, 0.4) is 0 Å². The van der Waals surface area contributed by atoms with Crippen LogP contribution in [0.15, 0.2) is 15.8 Å². The quantitative estimate of drug-likeness (QED) is 0.746. The zero-order valence-corrected chi connectivity index (χ0v) is 9.46. The van der Waals surface area contributed by atoms with Crippen molar-refractivity contribution in [2.45, 2.75) is 0 Å². The van der Waals surface area contributed by atoms with Gasteiger partial charge in [0, 0.05) is 20.3 Å². The van der Waals surface area contributed by atoms with Gasteiger partial charge in [-0.3, -0.25) is 9.78 Å². The van der Waals surface area contributed by atoms with E-state index in [0.29, 0.717) is 15.7 Å². The van der Waals surface area contributed by atoms with Gasteiger partial charge in [-0.05, 0) is 0 Å². The van der Waals surface area contributed by atoms with Crippen molar-refractivity contribution in [1.82, 2.24) is 20.2 Å². The predicted molar refractivity (Wildman–Crippen MR) is 60.9 cm³/mol. The van der Waals surface area contributed by atoms with E-state index in [-0.39, 0.29) is 0 Å². The van der Waals surface area contributed by atoms with Crippen molar-refractivity contribution in [2.75, 3.05) is 19.0 Å². The van der Waals surface area contributed by atoms with Crippen LogP contribution in [0.4, 0.5) is 5.13 Å². The van der Waals surface area contributed by atoms with Gasteiger partial charge in [-0.1, -0.05) is 11.3 Å². The summed E-state index contributed by atoms with van der Waals surface area (Å²) in [5, 5.41) is 8.96. The van der Waals surface area contributed by atoms with Gasteiger partial charge in [0.15, 0.2) is 5.01 Å². The van der Waals surface area contributed by atoms with Crippen LogP contribution in [0.1, 0.15) is 0 Å². The van der Waals surface area contributed by atoms with Crippen molar-refractivity contribution >= 4 is 16.5 Å². The molecule has 0 aliphatic carbocycles. The van der Waals surface area contributed by atoms with E-state index in [1.165, 1.54) is 17.5 Å². The minimum atomic E-state index is -0.536. The third kappa shape index (κ3) is 1.87. The molecule has 2 N–H and O–H groups in total. The zero-order chi connectivity index (χ0) is 11.7. The molecule has 8 heteroatoms. The van der Waals surface area contributed by atoms with Crippen LogP contribution in [0.2, 0.25) is 0 Å². The normalized spacial score (nSPS) is 10.4. The highest BCUT2D eigenvalue weighted by molar-refractivity contribution is 7.18. The van der Waals surface area contributed by atoms with Crippen LogP contribution in [0.25, 0.3) is 10.6 Å². The van der Waals surface area contributed by atoms with Gasteiger partial charge < -0.3 is 9.88 Å². The molecule has 0 unspecified atom stereocenters. The van der Waals surface area contributed by atoms with E-state index < -0.39 is 11.2 Å².